The van der Waals surface area contributed by atoms with Gasteiger partial charge in [-0.3, -0.25) is 4.79 Å². The third kappa shape index (κ3) is 6.03. The molecule has 4 saturated carbocycles. The molecule has 0 bridgehead atoms. The van der Waals surface area contributed by atoms with Crippen molar-refractivity contribution in [2.75, 3.05) is 0 Å². The molecule has 0 aliphatic heterocycles. The SMILES string of the molecule is CCCCCCCC1CC[C@]2(CC1)C(=O)[C@@]1(CCC(C3CCC(CCCCCC)CC3)CC1)[C@@H]2F. The van der Waals surface area contributed by atoms with Crippen LogP contribution in [0.25, 0.3) is 0 Å². The van der Waals surface area contributed by atoms with Crippen LogP contribution in [0, 0.1) is 34.5 Å². The normalized spacial score (nSPS) is 39.7. The number of halogens is 1. The van der Waals surface area contributed by atoms with Gasteiger partial charge in [0.1, 0.15) is 6.17 Å². The Labute approximate surface area is 217 Å². The average molecular weight is 489 g/mol. The van der Waals surface area contributed by atoms with E-state index in [1.807, 2.05) is 0 Å². The van der Waals surface area contributed by atoms with Crippen molar-refractivity contribution in [3.8, 4) is 0 Å². The molecule has 1 nitrogen and oxygen atoms in total. The average Bonchev–Trinajstić information content (AvgIpc) is 2.91. The molecule has 0 aromatic rings. The van der Waals surface area contributed by atoms with Crippen LogP contribution >= 0.6 is 0 Å². The van der Waals surface area contributed by atoms with Gasteiger partial charge in [0, 0.05) is 0 Å². The Balaban J connectivity index is 1.17. The van der Waals surface area contributed by atoms with E-state index in [1.54, 1.807) is 0 Å². The summed E-state index contributed by atoms with van der Waals surface area (Å²) in [4.78, 5) is 13.6. The number of carbonyl (C=O) groups excluding carboxylic acids is 1. The Morgan fingerprint density at radius 3 is 1.54 bits per heavy atom. The summed E-state index contributed by atoms with van der Waals surface area (Å²) in [5, 5.41) is 0. The van der Waals surface area contributed by atoms with Crippen molar-refractivity contribution < 1.29 is 9.18 Å². The van der Waals surface area contributed by atoms with Crippen molar-refractivity contribution in [1.29, 1.82) is 0 Å². The highest BCUT2D eigenvalue weighted by Crippen LogP contribution is 2.66. The number of hydrogen-bond acceptors (Lipinski definition) is 1. The zero-order valence-electron chi connectivity index (χ0n) is 23.4. The molecule has 1 atom stereocenters. The molecule has 4 aliphatic carbocycles. The summed E-state index contributed by atoms with van der Waals surface area (Å²) < 4.78 is 15.9. The van der Waals surface area contributed by atoms with Gasteiger partial charge in [-0.25, -0.2) is 4.39 Å². The van der Waals surface area contributed by atoms with Crippen LogP contribution in [0.4, 0.5) is 4.39 Å². The van der Waals surface area contributed by atoms with E-state index in [4.69, 9.17) is 0 Å². The summed E-state index contributed by atoms with van der Waals surface area (Å²) in [6.07, 6.45) is 27.7. The lowest BCUT2D eigenvalue weighted by molar-refractivity contribution is -0.194. The van der Waals surface area contributed by atoms with E-state index in [0.717, 1.165) is 75.0 Å². The van der Waals surface area contributed by atoms with Gasteiger partial charge in [0.05, 0.1) is 10.8 Å². The molecular weight excluding hydrogens is 431 g/mol. The number of unbranched alkanes of at least 4 members (excludes halogenated alkanes) is 7. The molecule has 0 heterocycles. The molecule has 4 fully saturated rings. The zero-order valence-corrected chi connectivity index (χ0v) is 23.4. The molecule has 4 aliphatic rings. The minimum Gasteiger partial charge on any atom is -0.298 e. The van der Waals surface area contributed by atoms with E-state index in [-0.39, 0.29) is 0 Å². The van der Waals surface area contributed by atoms with Crippen LogP contribution in [-0.2, 0) is 4.79 Å². The summed E-state index contributed by atoms with van der Waals surface area (Å²) in [6.45, 7) is 4.56. The fourth-order valence-corrected chi connectivity index (χ4v) is 9.09. The molecule has 35 heavy (non-hydrogen) atoms. The third-order valence-corrected chi connectivity index (χ3v) is 11.5. The largest absolute Gasteiger partial charge is 0.298 e. The summed E-state index contributed by atoms with van der Waals surface area (Å²) >= 11 is 0. The maximum Gasteiger partial charge on any atom is 0.151 e. The van der Waals surface area contributed by atoms with Crippen molar-refractivity contribution in [3.63, 3.8) is 0 Å². The van der Waals surface area contributed by atoms with Crippen molar-refractivity contribution in [2.45, 2.75) is 168 Å². The first-order chi connectivity index (χ1) is 17.1. The minimum atomic E-state index is -0.840. The van der Waals surface area contributed by atoms with Crippen molar-refractivity contribution in [2.24, 2.45) is 34.5 Å². The molecule has 0 saturated heterocycles. The highest BCUT2D eigenvalue weighted by molar-refractivity contribution is 5.98. The second-order valence-electron chi connectivity index (χ2n) is 13.6. The number of alkyl halides is 1. The number of carbonyl (C=O) groups is 1. The molecular formula is C33H57FO. The number of Topliss-reactive ketones (excluding diaryl/α,β-unsaturated/α-hetero) is 1. The predicted molar refractivity (Wildman–Crippen MR) is 146 cm³/mol. The Hall–Kier alpha value is -0.400. The predicted octanol–water partition coefficient (Wildman–Crippen LogP) is 10.4. The van der Waals surface area contributed by atoms with Crippen molar-refractivity contribution >= 4 is 5.78 Å². The van der Waals surface area contributed by atoms with Gasteiger partial charge in [-0.2, -0.15) is 0 Å². The third-order valence-electron chi connectivity index (χ3n) is 11.5. The monoisotopic (exact) mass is 488 g/mol. The van der Waals surface area contributed by atoms with Crippen LogP contribution in [0.15, 0.2) is 0 Å². The number of rotatable bonds is 12. The number of hydrogen-bond donors (Lipinski definition) is 0. The van der Waals surface area contributed by atoms with E-state index in [9.17, 15) is 4.79 Å². The van der Waals surface area contributed by atoms with Crippen LogP contribution in [-0.4, -0.2) is 12.0 Å². The van der Waals surface area contributed by atoms with Gasteiger partial charge >= 0.3 is 0 Å². The van der Waals surface area contributed by atoms with E-state index in [2.05, 4.69) is 13.8 Å². The van der Waals surface area contributed by atoms with Gasteiger partial charge in [0.25, 0.3) is 0 Å². The number of ketones is 1. The van der Waals surface area contributed by atoms with Gasteiger partial charge < -0.3 is 0 Å². The Bertz CT molecular complexity index is 631. The topological polar surface area (TPSA) is 17.1 Å². The second kappa shape index (κ2) is 12.9. The van der Waals surface area contributed by atoms with Crippen LogP contribution in [0.5, 0.6) is 0 Å². The first-order valence-corrected chi connectivity index (χ1v) is 16.2. The quantitative estimate of drug-likeness (QED) is 0.250. The summed E-state index contributed by atoms with van der Waals surface area (Å²) in [7, 11) is 0. The van der Waals surface area contributed by atoms with Crippen LogP contribution in [0.1, 0.15) is 162 Å². The first kappa shape index (κ1) is 27.6. The molecule has 0 N–H and O–H groups in total. The lowest BCUT2D eigenvalue weighted by atomic mass is 9.41. The van der Waals surface area contributed by atoms with E-state index in [1.165, 1.54) is 96.3 Å². The van der Waals surface area contributed by atoms with Crippen LogP contribution < -0.4 is 0 Å². The maximum atomic E-state index is 15.9. The molecule has 0 aromatic carbocycles. The van der Waals surface area contributed by atoms with Crippen molar-refractivity contribution in [1.82, 2.24) is 0 Å². The van der Waals surface area contributed by atoms with Gasteiger partial charge in [0.2, 0.25) is 0 Å². The van der Waals surface area contributed by atoms with E-state index in [0.29, 0.717) is 5.78 Å². The van der Waals surface area contributed by atoms with Crippen LogP contribution in [0.2, 0.25) is 0 Å². The highest BCUT2D eigenvalue weighted by atomic mass is 19.1. The standard InChI is InChI=1S/C33H57FO/c1-3-5-7-9-11-13-27-18-22-32(23-19-27)30(34)33(31(32)35)24-20-29(21-25-33)28-16-14-26(15-17-28)12-10-8-6-4-2/h26-30H,3-25H2,1-2H3/t26?,27?,28?,29?,30-,32-,33-/m1/s1. The molecule has 0 radical (unpaired) electrons. The fraction of sp³-hybridized carbons (Fsp3) is 0.970. The lowest BCUT2D eigenvalue weighted by Crippen LogP contribution is -2.69. The second-order valence-corrected chi connectivity index (χ2v) is 13.6. The Morgan fingerprint density at radius 2 is 1.03 bits per heavy atom. The maximum absolute atomic E-state index is 15.9. The van der Waals surface area contributed by atoms with E-state index >= 15 is 4.39 Å². The summed E-state index contributed by atoms with van der Waals surface area (Å²) in [6, 6.07) is 0. The minimum absolute atomic E-state index is 0.369. The van der Waals surface area contributed by atoms with E-state index < -0.39 is 17.0 Å². The lowest BCUT2D eigenvalue weighted by Gasteiger charge is -2.61. The van der Waals surface area contributed by atoms with Gasteiger partial charge in [-0.05, 0) is 87.9 Å². The fourth-order valence-electron chi connectivity index (χ4n) is 9.09. The summed E-state index contributed by atoms with van der Waals surface area (Å²) in [5.41, 5.74) is -1.14. The Kier molecular flexibility index (Phi) is 10.2. The molecule has 0 aromatic heterocycles. The van der Waals surface area contributed by atoms with Gasteiger partial charge in [-0.1, -0.05) is 97.3 Å². The van der Waals surface area contributed by atoms with Gasteiger partial charge in [0.15, 0.2) is 5.78 Å². The molecule has 2 spiro atoms. The van der Waals surface area contributed by atoms with Crippen molar-refractivity contribution in [3.05, 3.63) is 0 Å². The smallest absolute Gasteiger partial charge is 0.151 e. The first-order valence-electron chi connectivity index (χ1n) is 16.2. The Morgan fingerprint density at radius 1 is 0.600 bits per heavy atom. The molecule has 0 unspecified atom stereocenters. The molecule has 0 amide bonds. The van der Waals surface area contributed by atoms with Gasteiger partial charge in [-0.15, -0.1) is 0 Å². The zero-order chi connectivity index (χ0) is 24.7. The molecule has 2 heteroatoms. The van der Waals surface area contributed by atoms with Crippen LogP contribution in [0.3, 0.4) is 0 Å². The molecule has 202 valence electrons. The molecule has 4 rings (SSSR count). The summed E-state index contributed by atoms with van der Waals surface area (Å²) in [5.74, 6) is 3.70. The highest BCUT2D eigenvalue weighted by Gasteiger charge is 2.71.